The molecule has 0 atom stereocenters. The Balaban J connectivity index is 1.67. The van der Waals surface area contributed by atoms with Crippen LogP contribution in [0.4, 0.5) is 10.1 Å². The highest BCUT2D eigenvalue weighted by atomic mass is 35.5. The van der Waals surface area contributed by atoms with Crippen LogP contribution in [0, 0.1) is 12.7 Å². The normalized spacial score (nSPS) is 11.4. The zero-order valence-electron chi connectivity index (χ0n) is 15.9. The molecule has 4 aromatic carbocycles. The average Bonchev–Trinajstić information content (AvgIpc) is 3.11. The maximum Gasteiger partial charge on any atom is 0.259 e. The average molecular weight is 419 g/mol. The highest BCUT2D eigenvalue weighted by Crippen LogP contribution is 2.38. The summed E-state index contributed by atoms with van der Waals surface area (Å²) in [5, 5.41) is 17.4. The lowest BCUT2D eigenvalue weighted by atomic mass is 9.97. The number of benzene rings is 4. The van der Waals surface area contributed by atoms with Crippen molar-refractivity contribution in [2.24, 2.45) is 0 Å². The van der Waals surface area contributed by atoms with Crippen molar-refractivity contribution >= 4 is 55.8 Å². The van der Waals surface area contributed by atoms with Crippen LogP contribution in [0.1, 0.15) is 15.9 Å². The number of phenolic OH excluding ortho intramolecular Hbond substituents is 1. The largest absolute Gasteiger partial charge is 0.507 e. The third kappa shape index (κ3) is 2.78. The van der Waals surface area contributed by atoms with E-state index in [1.807, 2.05) is 36.4 Å². The first-order valence-electron chi connectivity index (χ1n) is 9.36. The van der Waals surface area contributed by atoms with Crippen molar-refractivity contribution in [3.63, 3.8) is 0 Å². The van der Waals surface area contributed by atoms with Crippen LogP contribution in [-0.2, 0) is 0 Å². The van der Waals surface area contributed by atoms with Crippen molar-refractivity contribution in [2.45, 2.75) is 6.92 Å². The maximum absolute atomic E-state index is 13.3. The monoisotopic (exact) mass is 418 g/mol. The van der Waals surface area contributed by atoms with E-state index in [9.17, 15) is 14.3 Å². The van der Waals surface area contributed by atoms with Crippen LogP contribution in [0.5, 0.6) is 5.75 Å². The van der Waals surface area contributed by atoms with Crippen molar-refractivity contribution < 1.29 is 14.3 Å². The molecule has 0 fully saturated rings. The van der Waals surface area contributed by atoms with Gasteiger partial charge >= 0.3 is 0 Å². The van der Waals surface area contributed by atoms with E-state index in [4.69, 9.17) is 11.6 Å². The van der Waals surface area contributed by atoms with Crippen LogP contribution in [0.25, 0.3) is 32.6 Å². The van der Waals surface area contributed by atoms with Gasteiger partial charge in [-0.25, -0.2) is 4.39 Å². The second kappa shape index (κ2) is 6.75. The number of hydrogen-bond donors (Lipinski definition) is 3. The number of halogens is 2. The lowest BCUT2D eigenvalue weighted by Crippen LogP contribution is -2.13. The Morgan fingerprint density at radius 1 is 1.07 bits per heavy atom. The number of anilines is 1. The van der Waals surface area contributed by atoms with E-state index in [1.165, 1.54) is 12.1 Å². The van der Waals surface area contributed by atoms with Gasteiger partial charge in [0.05, 0.1) is 21.8 Å². The number of para-hydroxylation sites is 1. The molecule has 30 heavy (non-hydrogen) atoms. The molecule has 0 unspecified atom stereocenters. The SMILES string of the molecule is Cc1c(O)c(C(=O)Nc2ccc(F)cc2Cl)cc2ccc3c4ccccc4[nH]c3c12. The summed E-state index contributed by atoms with van der Waals surface area (Å²) in [7, 11) is 0. The number of fused-ring (bicyclic) bond motifs is 5. The molecule has 0 radical (unpaired) electrons. The van der Waals surface area contributed by atoms with E-state index in [0.717, 1.165) is 38.6 Å². The first-order chi connectivity index (χ1) is 14.4. The highest BCUT2D eigenvalue weighted by Gasteiger charge is 2.19. The second-order valence-electron chi connectivity index (χ2n) is 7.23. The van der Waals surface area contributed by atoms with Crippen molar-refractivity contribution in [1.82, 2.24) is 4.98 Å². The summed E-state index contributed by atoms with van der Waals surface area (Å²) in [6, 6.07) is 17.3. The zero-order valence-corrected chi connectivity index (χ0v) is 16.6. The molecule has 0 aliphatic carbocycles. The van der Waals surface area contributed by atoms with Gasteiger partial charge < -0.3 is 15.4 Å². The number of hydrogen-bond acceptors (Lipinski definition) is 2. The van der Waals surface area contributed by atoms with E-state index >= 15 is 0 Å². The number of aromatic hydroxyl groups is 1. The molecular weight excluding hydrogens is 403 g/mol. The van der Waals surface area contributed by atoms with Gasteiger partial charge in [-0.3, -0.25) is 4.79 Å². The summed E-state index contributed by atoms with van der Waals surface area (Å²) in [6.45, 7) is 1.78. The lowest BCUT2D eigenvalue weighted by Gasteiger charge is -2.13. The van der Waals surface area contributed by atoms with Gasteiger partial charge in [-0.05, 0) is 42.6 Å². The lowest BCUT2D eigenvalue weighted by molar-refractivity contribution is 0.102. The van der Waals surface area contributed by atoms with Crippen molar-refractivity contribution in [3.05, 3.63) is 82.6 Å². The van der Waals surface area contributed by atoms with Gasteiger partial charge in [0.1, 0.15) is 11.6 Å². The summed E-state index contributed by atoms with van der Waals surface area (Å²) in [4.78, 5) is 16.3. The Morgan fingerprint density at radius 3 is 2.67 bits per heavy atom. The summed E-state index contributed by atoms with van der Waals surface area (Å²) in [5.74, 6) is -1.13. The summed E-state index contributed by atoms with van der Waals surface area (Å²) in [6.07, 6.45) is 0. The summed E-state index contributed by atoms with van der Waals surface area (Å²) >= 11 is 6.01. The molecule has 0 spiro atoms. The minimum Gasteiger partial charge on any atom is -0.507 e. The number of aromatic nitrogens is 1. The fourth-order valence-corrected chi connectivity index (χ4v) is 4.17. The topological polar surface area (TPSA) is 65.1 Å². The van der Waals surface area contributed by atoms with Crippen LogP contribution < -0.4 is 5.32 Å². The molecule has 1 amide bonds. The van der Waals surface area contributed by atoms with Crippen LogP contribution in [0.15, 0.2) is 60.7 Å². The molecule has 4 nitrogen and oxygen atoms in total. The van der Waals surface area contributed by atoms with E-state index in [0.29, 0.717) is 5.56 Å². The molecule has 0 aliphatic heterocycles. The third-order valence-electron chi connectivity index (χ3n) is 5.42. The summed E-state index contributed by atoms with van der Waals surface area (Å²) in [5.41, 5.74) is 2.91. The minimum atomic E-state index is -0.525. The first kappa shape index (κ1) is 18.5. The van der Waals surface area contributed by atoms with Gasteiger partial charge in [0.15, 0.2) is 0 Å². The van der Waals surface area contributed by atoms with Gasteiger partial charge in [0.2, 0.25) is 0 Å². The molecular formula is C24H16ClFN2O2. The van der Waals surface area contributed by atoms with Gasteiger partial charge in [0.25, 0.3) is 5.91 Å². The molecule has 0 saturated heterocycles. The molecule has 5 aromatic rings. The molecule has 1 aromatic heterocycles. The Hall–Kier alpha value is -3.57. The number of aromatic amines is 1. The maximum atomic E-state index is 13.3. The van der Waals surface area contributed by atoms with Crippen LogP contribution in [0.2, 0.25) is 5.02 Å². The smallest absolute Gasteiger partial charge is 0.259 e. The standard InChI is InChI=1S/C24H16ClFN2O2/c1-12-21-13(6-8-16-15-4-2-3-5-19(15)27-22(16)21)10-17(23(12)29)24(30)28-20-9-7-14(26)11-18(20)25/h2-11,27,29H,1H3,(H,28,30). The van der Waals surface area contributed by atoms with Gasteiger partial charge in [-0.1, -0.05) is 41.9 Å². The number of H-pyrrole nitrogens is 1. The fraction of sp³-hybridized carbons (Fsp3) is 0.0417. The molecule has 0 aliphatic rings. The molecule has 3 N–H and O–H groups in total. The second-order valence-corrected chi connectivity index (χ2v) is 7.64. The van der Waals surface area contributed by atoms with Crippen molar-refractivity contribution in [1.29, 1.82) is 0 Å². The number of nitrogens with one attached hydrogen (secondary N) is 2. The predicted molar refractivity (Wildman–Crippen MR) is 119 cm³/mol. The van der Waals surface area contributed by atoms with Gasteiger partial charge in [-0.15, -0.1) is 0 Å². The Morgan fingerprint density at radius 2 is 1.87 bits per heavy atom. The zero-order chi connectivity index (χ0) is 21.0. The highest BCUT2D eigenvalue weighted by molar-refractivity contribution is 6.34. The van der Waals surface area contributed by atoms with Gasteiger partial charge in [-0.2, -0.15) is 0 Å². The molecule has 6 heteroatoms. The molecule has 1 heterocycles. The predicted octanol–water partition coefficient (Wildman–Crippen LogP) is 6.53. The number of amides is 1. The number of carbonyl (C=O) groups is 1. The molecule has 148 valence electrons. The van der Waals surface area contributed by atoms with Gasteiger partial charge in [0, 0.05) is 27.2 Å². The third-order valence-corrected chi connectivity index (χ3v) is 5.74. The molecule has 5 rings (SSSR count). The van der Waals surface area contributed by atoms with Crippen molar-refractivity contribution in [3.8, 4) is 5.75 Å². The molecule has 0 bridgehead atoms. The number of rotatable bonds is 2. The summed E-state index contributed by atoms with van der Waals surface area (Å²) < 4.78 is 13.3. The number of phenols is 1. The number of aryl methyl sites for hydroxylation is 1. The van der Waals surface area contributed by atoms with Crippen LogP contribution in [0.3, 0.4) is 0 Å². The van der Waals surface area contributed by atoms with E-state index in [2.05, 4.69) is 10.3 Å². The first-order valence-corrected chi connectivity index (χ1v) is 9.74. The Kier molecular flexibility index (Phi) is 4.15. The molecule has 0 saturated carbocycles. The van der Waals surface area contributed by atoms with E-state index < -0.39 is 11.7 Å². The minimum absolute atomic E-state index is 0.0835. The van der Waals surface area contributed by atoms with Crippen LogP contribution in [-0.4, -0.2) is 16.0 Å². The Labute approximate surface area is 175 Å². The van der Waals surface area contributed by atoms with E-state index in [-0.39, 0.29) is 22.0 Å². The van der Waals surface area contributed by atoms with Crippen LogP contribution >= 0.6 is 11.6 Å². The Bertz CT molecular complexity index is 1490. The fourth-order valence-electron chi connectivity index (χ4n) is 3.96. The number of carbonyl (C=O) groups excluding carboxylic acids is 1. The quantitative estimate of drug-likeness (QED) is 0.305. The van der Waals surface area contributed by atoms with Crippen molar-refractivity contribution in [2.75, 3.05) is 5.32 Å². The van der Waals surface area contributed by atoms with E-state index in [1.54, 1.807) is 13.0 Å².